The lowest BCUT2D eigenvalue weighted by molar-refractivity contribution is 0.0906. The van der Waals surface area contributed by atoms with Crippen LogP contribution in [0, 0.1) is 25.3 Å². The molecule has 3 N–H and O–H groups in total. The Morgan fingerprint density at radius 2 is 1.97 bits per heavy atom. The third kappa shape index (κ3) is 4.82. The second-order valence-corrected chi connectivity index (χ2v) is 7.91. The van der Waals surface area contributed by atoms with E-state index in [9.17, 15) is 4.79 Å². The van der Waals surface area contributed by atoms with Crippen LogP contribution < -0.4 is 16.0 Å². The number of amides is 1. The number of nitrogens with one attached hydrogen (secondary N) is 3. The Kier molecular flexibility index (Phi) is 6.78. The number of aliphatic imine (C=N–C) groups is 1. The van der Waals surface area contributed by atoms with Crippen molar-refractivity contribution in [3.63, 3.8) is 0 Å². The normalized spacial score (nSPS) is 21.5. The van der Waals surface area contributed by atoms with Crippen molar-refractivity contribution in [3.8, 4) is 6.19 Å². The minimum atomic E-state index is -0.180. The van der Waals surface area contributed by atoms with E-state index >= 15 is 0 Å². The van der Waals surface area contributed by atoms with Crippen molar-refractivity contribution >= 4 is 11.9 Å². The van der Waals surface area contributed by atoms with Gasteiger partial charge in [-0.25, -0.2) is 0 Å². The molecule has 1 aliphatic rings. The molecule has 30 heavy (non-hydrogen) atoms. The number of hydrogen-bond acceptors (Lipinski definition) is 4. The van der Waals surface area contributed by atoms with E-state index in [0.29, 0.717) is 18.3 Å². The molecule has 0 unspecified atom stereocenters. The molecule has 1 fully saturated rings. The Labute approximate surface area is 177 Å². The van der Waals surface area contributed by atoms with Gasteiger partial charge in [0.15, 0.2) is 12.0 Å². The number of hydrogen-bond donors (Lipinski definition) is 3. The summed E-state index contributed by atoms with van der Waals surface area (Å²) in [5.74, 6) is 1.44. The first-order valence-corrected chi connectivity index (χ1v) is 10.3. The molecule has 0 spiro atoms. The maximum absolute atomic E-state index is 12.7. The molecule has 7 heteroatoms. The number of aryl methyl sites for hydroxylation is 2. The molecule has 1 heterocycles. The van der Waals surface area contributed by atoms with Gasteiger partial charge in [-0.15, -0.1) is 0 Å². The molecule has 0 atom stereocenters. The van der Waals surface area contributed by atoms with Crippen molar-refractivity contribution in [2.45, 2.75) is 51.0 Å². The smallest absolute Gasteiger partial charge is 0.287 e. The fraction of sp³-hybridized carbons (Fsp3) is 0.435. The second-order valence-electron chi connectivity index (χ2n) is 7.91. The molecule has 3 rings (SSSR count). The third-order valence-corrected chi connectivity index (χ3v) is 6.04. The summed E-state index contributed by atoms with van der Waals surface area (Å²) in [6.07, 6.45) is 5.55. The highest BCUT2D eigenvalue weighted by molar-refractivity contribution is 5.91. The Morgan fingerprint density at radius 3 is 2.53 bits per heavy atom. The quantitative estimate of drug-likeness (QED) is 0.306. The molecule has 0 aliphatic heterocycles. The largest absolute Gasteiger partial charge is 0.456 e. The topological polar surface area (TPSA) is 102 Å². The van der Waals surface area contributed by atoms with Crippen molar-refractivity contribution in [3.05, 3.63) is 59.0 Å². The standard InChI is InChI=1S/C23H29N5O2/c1-16-13-20(30-17(16)2)21(29)26-14-23(18-7-5-4-6-8-18)11-9-19(10-12-23)28-22(25-3)27-15-24/h4-8,13,19H,9-12,14H2,1-3H3,(H,26,29)(H2,25,27,28). The van der Waals surface area contributed by atoms with Gasteiger partial charge in [0.2, 0.25) is 5.96 Å². The molecular weight excluding hydrogens is 378 g/mol. The van der Waals surface area contributed by atoms with E-state index in [1.54, 1.807) is 13.1 Å². The highest BCUT2D eigenvalue weighted by Crippen LogP contribution is 2.39. The van der Waals surface area contributed by atoms with Crippen molar-refractivity contribution < 1.29 is 9.21 Å². The number of rotatable bonds is 5. The summed E-state index contributed by atoms with van der Waals surface area (Å²) in [6, 6.07) is 12.4. The van der Waals surface area contributed by atoms with Crippen LogP contribution in [0.25, 0.3) is 0 Å². The van der Waals surface area contributed by atoms with Gasteiger partial charge in [0.1, 0.15) is 5.76 Å². The molecule has 1 aromatic carbocycles. The average molecular weight is 408 g/mol. The number of guanidine groups is 1. The SMILES string of the molecule is CN=C(NC#N)NC1CCC(CNC(=O)c2cc(C)c(C)o2)(c2ccccc2)CC1. The summed E-state index contributed by atoms with van der Waals surface area (Å²) < 4.78 is 5.58. The number of nitrogens with zero attached hydrogens (tertiary/aromatic N) is 2. The van der Waals surface area contributed by atoms with Crippen LogP contribution in [0.1, 0.15) is 53.1 Å². The van der Waals surface area contributed by atoms with E-state index in [2.05, 4.69) is 33.1 Å². The zero-order valence-electron chi connectivity index (χ0n) is 17.8. The molecule has 0 bridgehead atoms. The molecule has 0 saturated heterocycles. The van der Waals surface area contributed by atoms with Gasteiger partial charge < -0.3 is 15.1 Å². The highest BCUT2D eigenvalue weighted by atomic mass is 16.3. The van der Waals surface area contributed by atoms with Crippen molar-refractivity contribution in [2.24, 2.45) is 4.99 Å². The first-order chi connectivity index (χ1) is 14.5. The fourth-order valence-corrected chi connectivity index (χ4v) is 4.10. The maximum Gasteiger partial charge on any atom is 0.287 e. The van der Waals surface area contributed by atoms with Crippen LogP contribution in [0.5, 0.6) is 0 Å². The van der Waals surface area contributed by atoms with E-state index in [-0.39, 0.29) is 17.4 Å². The molecule has 1 aromatic heterocycles. The van der Waals surface area contributed by atoms with Gasteiger partial charge in [0, 0.05) is 25.0 Å². The first-order valence-electron chi connectivity index (χ1n) is 10.3. The lowest BCUT2D eigenvalue weighted by atomic mass is 9.68. The number of furan rings is 1. The molecular formula is C23H29N5O2. The average Bonchev–Trinajstić information content (AvgIpc) is 3.12. The lowest BCUT2D eigenvalue weighted by Crippen LogP contribution is -2.49. The maximum atomic E-state index is 12.7. The monoisotopic (exact) mass is 407 g/mol. The summed E-state index contributed by atoms with van der Waals surface area (Å²) in [7, 11) is 1.65. The van der Waals surface area contributed by atoms with Gasteiger partial charge in [-0.05, 0) is 56.7 Å². The Balaban J connectivity index is 1.71. The number of benzene rings is 1. The first kappa shape index (κ1) is 21.4. The van der Waals surface area contributed by atoms with E-state index in [0.717, 1.165) is 37.0 Å². The molecule has 1 saturated carbocycles. The van der Waals surface area contributed by atoms with Gasteiger partial charge >= 0.3 is 0 Å². The van der Waals surface area contributed by atoms with Crippen LogP contribution in [-0.4, -0.2) is 31.5 Å². The minimum Gasteiger partial charge on any atom is -0.456 e. The predicted molar refractivity (Wildman–Crippen MR) is 116 cm³/mol. The van der Waals surface area contributed by atoms with Crippen LogP contribution in [0.2, 0.25) is 0 Å². The summed E-state index contributed by atoms with van der Waals surface area (Å²) in [5.41, 5.74) is 2.07. The molecule has 1 aliphatic carbocycles. The Bertz CT molecular complexity index is 915. The minimum absolute atomic E-state index is 0.141. The van der Waals surface area contributed by atoms with Gasteiger partial charge in [0.25, 0.3) is 5.91 Å². The van der Waals surface area contributed by atoms with Gasteiger partial charge in [-0.1, -0.05) is 30.3 Å². The lowest BCUT2D eigenvalue weighted by Gasteiger charge is -2.41. The van der Waals surface area contributed by atoms with E-state index < -0.39 is 0 Å². The van der Waals surface area contributed by atoms with Crippen LogP contribution in [0.4, 0.5) is 0 Å². The van der Waals surface area contributed by atoms with Crippen LogP contribution in [-0.2, 0) is 5.41 Å². The van der Waals surface area contributed by atoms with Gasteiger partial charge in [0.05, 0.1) is 0 Å². The summed E-state index contributed by atoms with van der Waals surface area (Å²) >= 11 is 0. The Morgan fingerprint density at radius 1 is 1.27 bits per heavy atom. The number of nitriles is 1. The van der Waals surface area contributed by atoms with Crippen LogP contribution in [0.15, 0.2) is 45.8 Å². The van der Waals surface area contributed by atoms with Crippen molar-refractivity contribution in [1.29, 1.82) is 5.26 Å². The van der Waals surface area contributed by atoms with Crippen molar-refractivity contribution in [2.75, 3.05) is 13.6 Å². The number of carbonyl (C=O) groups is 1. The van der Waals surface area contributed by atoms with Crippen molar-refractivity contribution in [1.82, 2.24) is 16.0 Å². The van der Waals surface area contributed by atoms with E-state index in [4.69, 9.17) is 9.68 Å². The molecule has 2 aromatic rings. The second kappa shape index (κ2) is 9.49. The fourth-order valence-electron chi connectivity index (χ4n) is 4.10. The van der Waals surface area contributed by atoms with E-state index in [1.807, 2.05) is 38.2 Å². The molecule has 0 radical (unpaired) electrons. The summed E-state index contributed by atoms with van der Waals surface area (Å²) in [6.45, 7) is 4.35. The molecule has 1 amide bonds. The van der Waals surface area contributed by atoms with Crippen LogP contribution >= 0.6 is 0 Å². The summed E-state index contributed by atoms with van der Waals surface area (Å²) in [5, 5.41) is 17.8. The summed E-state index contributed by atoms with van der Waals surface area (Å²) in [4.78, 5) is 16.7. The van der Waals surface area contributed by atoms with Gasteiger partial charge in [-0.2, -0.15) is 5.26 Å². The number of carbonyl (C=O) groups excluding carboxylic acids is 1. The zero-order valence-corrected chi connectivity index (χ0v) is 17.8. The zero-order chi connectivity index (χ0) is 21.6. The van der Waals surface area contributed by atoms with E-state index in [1.165, 1.54) is 5.56 Å². The van der Waals surface area contributed by atoms with Crippen LogP contribution in [0.3, 0.4) is 0 Å². The predicted octanol–water partition coefficient (Wildman–Crippen LogP) is 3.15. The Hall–Kier alpha value is -3.27. The molecule has 7 nitrogen and oxygen atoms in total. The highest BCUT2D eigenvalue weighted by Gasteiger charge is 2.37. The third-order valence-electron chi connectivity index (χ3n) is 6.04. The van der Waals surface area contributed by atoms with Gasteiger partial charge in [-0.3, -0.25) is 15.1 Å². The molecule has 158 valence electrons.